The zero-order valence-corrected chi connectivity index (χ0v) is 22.1. The van der Waals surface area contributed by atoms with Gasteiger partial charge in [0.05, 0.1) is 5.02 Å². The van der Waals surface area contributed by atoms with Crippen LogP contribution in [0.1, 0.15) is 0 Å². The van der Waals surface area contributed by atoms with E-state index in [-0.39, 0.29) is 42.1 Å². The summed E-state index contributed by atoms with van der Waals surface area (Å²) >= 11 is 12.9. The third kappa shape index (κ3) is 5.60. The number of amides is 2. The van der Waals surface area contributed by atoms with E-state index in [1.54, 1.807) is 17.0 Å². The maximum absolute atomic E-state index is 13.0. The minimum Gasteiger partial charge on any atom is -0.322 e. The van der Waals surface area contributed by atoms with Crippen LogP contribution in [0, 0.1) is 0 Å². The van der Waals surface area contributed by atoms with Crippen molar-refractivity contribution in [2.75, 3.05) is 31.5 Å². The van der Waals surface area contributed by atoms with Gasteiger partial charge in [0.15, 0.2) is 0 Å². The summed E-state index contributed by atoms with van der Waals surface area (Å²) in [5, 5.41) is 3.08. The van der Waals surface area contributed by atoms with E-state index >= 15 is 0 Å². The number of urea groups is 1. The quantitative estimate of drug-likeness (QED) is 0.389. The molecule has 0 unspecified atom stereocenters. The normalized spacial score (nSPS) is 14.8. The van der Waals surface area contributed by atoms with E-state index in [4.69, 9.17) is 11.6 Å². The smallest absolute Gasteiger partial charge is 0.321 e. The summed E-state index contributed by atoms with van der Waals surface area (Å²) in [7, 11) is -3.74. The number of anilines is 1. The molecule has 3 aromatic rings. The van der Waals surface area contributed by atoms with Crippen LogP contribution in [-0.4, -0.2) is 49.8 Å². The van der Waals surface area contributed by atoms with Crippen LogP contribution in [0.2, 0.25) is 5.02 Å². The molecule has 0 aliphatic carbocycles. The first-order valence-corrected chi connectivity index (χ1v) is 13.5. The van der Waals surface area contributed by atoms with Gasteiger partial charge in [-0.2, -0.15) is 4.31 Å². The molecule has 10 heteroatoms. The number of hydrogen-bond donors (Lipinski definition) is 1. The predicted molar refractivity (Wildman–Crippen MR) is 138 cm³/mol. The lowest BCUT2D eigenvalue weighted by molar-refractivity contribution is 0.184. The third-order valence-corrected chi connectivity index (χ3v) is 8.68. The molecule has 1 aliphatic heterocycles. The molecule has 1 aliphatic rings. The zero-order chi connectivity index (χ0) is 23.6. The highest BCUT2D eigenvalue weighted by atomic mass is 79.9. The molecule has 6 nitrogen and oxygen atoms in total. The van der Waals surface area contributed by atoms with Gasteiger partial charge in [0.2, 0.25) is 10.0 Å². The van der Waals surface area contributed by atoms with Crippen molar-refractivity contribution in [3.8, 4) is 11.1 Å². The van der Waals surface area contributed by atoms with Gasteiger partial charge in [-0.15, -0.1) is 0 Å². The summed E-state index contributed by atoms with van der Waals surface area (Å²) in [6, 6.07) is 20.0. The summed E-state index contributed by atoms with van der Waals surface area (Å²) in [6.07, 6.45) is 0. The number of piperazine rings is 1. The Hall–Kier alpha value is -1.91. The largest absolute Gasteiger partial charge is 0.322 e. The van der Waals surface area contributed by atoms with Crippen LogP contribution in [0.25, 0.3) is 11.1 Å². The molecule has 0 spiro atoms. The Morgan fingerprint density at radius 2 is 1.48 bits per heavy atom. The fraction of sp³-hybridized carbons (Fsp3) is 0.174. The molecule has 4 rings (SSSR count). The summed E-state index contributed by atoms with van der Waals surface area (Å²) in [5.74, 6) is 0. The first kappa shape index (κ1) is 24.2. The van der Waals surface area contributed by atoms with Gasteiger partial charge in [0.25, 0.3) is 0 Å². The third-order valence-electron chi connectivity index (χ3n) is 5.31. The summed E-state index contributed by atoms with van der Waals surface area (Å²) in [4.78, 5) is 14.5. The van der Waals surface area contributed by atoms with Gasteiger partial charge in [-0.25, -0.2) is 13.2 Å². The number of rotatable bonds is 4. The number of carbonyl (C=O) groups excluding carboxylic acids is 1. The number of benzene rings is 3. The second-order valence-electron chi connectivity index (χ2n) is 7.49. The molecule has 1 N–H and O–H groups in total. The topological polar surface area (TPSA) is 69.7 Å². The molecular formula is C23H20Br2ClN3O3S. The van der Waals surface area contributed by atoms with Crippen LogP contribution >= 0.6 is 43.5 Å². The lowest BCUT2D eigenvalue weighted by Gasteiger charge is -2.34. The van der Waals surface area contributed by atoms with E-state index in [0.717, 1.165) is 15.6 Å². The van der Waals surface area contributed by atoms with Crippen molar-refractivity contribution in [1.82, 2.24) is 9.21 Å². The van der Waals surface area contributed by atoms with Gasteiger partial charge in [-0.05, 0) is 53.6 Å². The molecule has 0 bridgehead atoms. The average molecular weight is 614 g/mol. The Morgan fingerprint density at radius 3 is 2.15 bits per heavy atom. The molecule has 172 valence electrons. The Morgan fingerprint density at radius 1 is 0.848 bits per heavy atom. The molecular weight excluding hydrogens is 594 g/mol. The van der Waals surface area contributed by atoms with E-state index in [9.17, 15) is 13.2 Å². The lowest BCUT2D eigenvalue weighted by Crippen LogP contribution is -2.51. The van der Waals surface area contributed by atoms with Crippen molar-refractivity contribution in [2.24, 2.45) is 0 Å². The van der Waals surface area contributed by atoms with Gasteiger partial charge < -0.3 is 10.2 Å². The minimum absolute atomic E-state index is 0.0645. The highest BCUT2D eigenvalue weighted by molar-refractivity contribution is 9.10. The van der Waals surface area contributed by atoms with Crippen LogP contribution < -0.4 is 5.32 Å². The molecule has 2 amide bonds. The fourth-order valence-electron chi connectivity index (χ4n) is 3.60. The van der Waals surface area contributed by atoms with E-state index in [0.29, 0.717) is 10.2 Å². The maximum Gasteiger partial charge on any atom is 0.321 e. The second-order valence-corrected chi connectivity index (χ2v) is 11.6. The first-order chi connectivity index (χ1) is 15.7. The van der Waals surface area contributed by atoms with Crippen molar-refractivity contribution < 1.29 is 13.2 Å². The standard InChI is InChI=1S/C23H20Br2ClN3O3S/c24-18-5-1-3-16(13-18)17-4-2-6-20(14-17)27-23(30)28-9-11-29(12-10-28)33(31,32)22-8-7-19(25)15-21(22)26/h1-8,13-15H,9-12H2,(H,27,30). The minimum atomic E-state index is -3.74. The van der Waals surface area contributed by atoms with Crippen molar-refractivity contribution in [3.63, 3.8) is 0 Å². The van der Waals surface area contributed by atoms with E-state index in [2.05, 4.69) is 37.2 Å². The molecule has 0 atom stereocenters. The van der Waals surface area contributed by atoms with Crippen LogP contribution in [0.4, 0.5) is 10.5 Å². The molecule has 33 heavy (non-hydrogen) atoms. The summed E-state index contributed by atoms with van der Waals surface area (Å²) in [5.41, 5.74) is 2.69. The van der Waals surface area contributed by atoms with E-state index in [1.165, 1.54) is 10.4 Å². The molecule has 1 heterocycles. The van der Waals surface area contributed by atoms with Crippen molar-refractivity contribution in [3.05, 3.63) is 80.7 Å². The molecule has 0 saturated carbocycles. The number of halogens is 3. The van der Waals surface area contributed by atoms with Gasteiger partial charge in [-0.3, -0.25) is 0 Å². The Bertz CT molecular complexity index is 1300. The van der Waals surface area contributed by atoms with E-state index < -0.39 is 10.0 Å². The number of sulfonamides is 1. The second kappa shape index (κ2) is 10.1. The number of carbonyl (C=O) groups is 1. The zero-order valence-electron chi connectivity index (χ0n) is 17.3. The Kier molecular flexibility index (Phi) is 7.45. The number of nitrogens with zero attached hydrogens (tertiary/aromatic N) is 2. The summed E-state index contributed by atoms with van der Waals surface area (Å²) < 4.78 is 29.0. The molecule has 0 aromatic heterocycles. The number of nitrogens with one attached hydrogen (secondary N) is 1. The van der Waals surface area contributed by atoms with Crippen LogP contribution in [0.5, 0.6) is 0 Å². The molecule has 0 radical (unpaired) electrons. The Balaban J connectivity index is 1.40. The number of hydrogen-bond acceptors (Lipinski definition) is 3. The Labute approximate surface area is 214 Å². The highest BCUT2D eigenvalue weighted by Gasteiger charge is 2.31. The van der Waals surface area contributed by atoms with Crippen LogP contribution in [0.3, 0.4) is 0 Å². The van der Waals surface area contributed by atoms with Crippen molar-refractivity contribution in [2.45, 2.75) is 4.90 Å². The molecule has 1 saturated heterocycles. The predicted octanol–water partition coefficient (Wildman–Crippen LogP) is 6.07. The van der Waals surface area contributed by atoms with Gasteiger partial charge in [0.1, 0.15) is 4.90 Å². The average Bonchev–Trinajstić information content (AvgIpc) is 2.79. The SMILES string of the molecule is O=C(Nc1cccc(-c2cccc(Br)c2)c1)N1CCN(S(=O)(=O)c2ccc(Br)cc2Cl)CC1. The summed E-state index contributed by atoms with van der Waals surface area (Å²) in [6.45, 7) is 0.954. The first-order valence-electron chi connectivity index (χ1n) is 10.1. The van der Waals surface area contributed by atoms with Gasteiger partial charge >= 0.3 is 6.03 Å². The monoisotopic (exact) mass is 611 g/mol. The van der Waals surface area contributed by atoms with Gasteiger partial charge in [-0.1, -0.05) is 67.7 Å². The maximum atomic E-state index is 13.0. The fourth-order valence-corrected chi connectivity index (χ4v) is 6.43. The van der Waals surface area contributed by atoms with Crippen molar-refractivity contribution >= 4 is 65.2 Å². The molecule has 1 fully saturated rings. The van der Waals surface area contributed by atoms with E-state index in [1.807, 2.05) is 48.5 Å². The van der Waals surface area contributed by atoms with Crippen LogP contribution in [0.15, 0.2) is 80.6 Å². The van der Waals surface area contributed by atoms with Crippen LogP contribution in [-0.2, 0) is 10.0 Å². The van der Waals surface area contributed by atoms with Crippen molar-refractivity contribution in [1.29, 1.82) is 0 Å². The lowest BCUT2D eigenvalue weighted by atomic mass is 10.1. The molecule has 3 aromatic carbocycles. The highest BCUT2D eigenvalue weighted by Crippen LogP contribution is 2.29. The van der Waals surface area contributed by atoms with Gasteiger partial charge in [0, 0.05) is 40.8 Å².